The van der Waals surface area contributed by atoms with Gasteiger partial charge in [-0.15, -0.1) is 0 Å². The maximum absolute atomic E-state index is 11.0. The van der Waals surface area contributed by atoms with Crippen LogP contribution in [0.15, 0.2) is 43.0 Å². The quantitative estimate of drug-likeness (QED) is 0.643. The Bertz CT molecular complexity index is 717. The third-order valence-electron chi connectivity index (χ3n) is 2.93. The van der Waals surface area contributed by atoms with Gasteiger partial charge in [0.1, 0.15) is 12.1 Å². The molecule has 2 heterocycles. The fourth-order valence-corrected chi connectivity index (χ4v) is 2.06. The minimum absolute atomic E-state index is 0.667. The third-order valence-corrected chi connectivity index (χ3v) is 2.93. The van der Waals surface area contributed by atoms with Gasteiger partial charge in [-0.1, -0.05) is 12.1 Å². The number of benzene rings is 1. The van der Waals surface area contributed by atoms with E-state index in [-0.39, 0.29) is 0 Å². The van der Waals surface area contributed by atoms with E-state index in [2.05, 4.69) is 9.97 Å². The first-order valence-corrected chi connectivity index (χ1v) is 5.63. The number of fused-ring (bicyclic) bond motifs is 1. The molecule has 4 nitrogen and oxygen atoms in total. The summed E-state index contributed by atoms with van der Waals surface area (Å²) in [5, 5.41) is 0.883. The summed E-state index contributed by atoms with van der Waals surface area (Å²) < 4.78 is 1.86. The van der Waals surface area contributed by atoms with Crippen LogP contribution in [0, 0.1) is 6.92 Å². The van der Waals surface area contributed by atoms with Crippen molar-refractivity contribution in [2.75, 3.05) is 0 Å². The lowest BCUT2D eigenvalue weighted by Crippen LogP contribution is -1.99. The minimum Gasteiger partial charge on any atom is -0.298 e. The number of hydrogen-bond donors (Lipinski definition) is 0. The molecule has 2 aromatic heterocycles. The third kappa shape index (κ3) is 1.59. The lowest BCUT2D eigenvalue weighted by atomic mass is 10.1. The highest BCUT2D eigenvalue weighted by atomic mass is 16.1. The molecule has 18 heavy (non-hydrogen) atoms. The number of carbonyl (C=O) groups is 1. The van der Waals surface area contributed by atoms with Gasteiger partial charge in [-0.3, -0.25) is 9.36 Å². The van der Waals surface area contributed by atoms with Crippen LogP contribution in [0.1, 0.15) is 15.9 Å². The molecular weight excluding hydrogens is 226 g/mol. The highest BCUT2D eigenvalue weighted by Crippen LogP contribution is 2.21. The van der Waals surface area contributed by atoms with E-state index < -0.39 is 0 Å². The van der Waals surface area contributed by atoms with E-state index in [1.165, 1.54) is 0 Å². The molecule has 0 saturated carbocycles. The van der Waals surface area contributed by atoms with Crippen molar-refractivity contribution in [1.82, 2.24) is 14.5 Å². The molecule has 0 aliphatic carbocycles. The van der Waals surface area contributed by atoms with Crippen LogP contribution in [0.3, 0.4) is 0 Å². The number of aldehydes is 1. The fourth-order valence-electron chi connectivity index (χ4n) is 2.06. The number of pyridine rings is 1. The Morgan fingerprint density at radius 3 is 2.94 bits per heavy atom. The van der Waals surface area contributed by atoms with Crippen LogP contribution in [0.5, 0.6) is 0 Å². The number of hydrogen-bond acceptors (Lipinski definition) is 3. The Balaban J connectivity index is 2.32. The van der Waals surface area contributed by atoms with Gasteiger partial charge < -0.3 is 0 Å². The van der Waals surface area contributed by atoms with Gasteiger partial charge in [-0.2, -0.15) is 0 Å². The lowest BCUT2D eigenvalue weighted by Gasteiger charge is -2.08. The van der Waals surface area contributed by atoms with Crippen LogP contribution in [0.4, 0.5) is 0 Å². The van der Waals surface area contributed by atoms with Crippen LogP contribution in [0.2, 0.25) is 0 Å². The van der Waals surface area contributed by atoms with Gasteiger partial charge in [-0.25, -0.2) is 9.97 Å². The van der Waals surface area contributed by atoms with Crippen molar-refractivity contribution in [3.8, 4) is 5.82 Å². The summed E-state index contributed by atoms with van der Waals surface area (Å²) >= 11 is 0. The lowest BCUT2D eigenvalue weighted by molar-refractivity contribution is 0.112. The van der Waals surface area contributed by atoms with Gasteiger partial charge in [0.05, 0.1) is 5.52 Å². The number of carbonyl (C=O) groups excluding carboxylic acids is 1. The van der Waals surface area contributed by atoms with Crippen molar-refractivity contribution in [3.05, 3.63) is 54.1 Å². The Labute approximate surface area is 104 Å². The summed E-state index contributed by atoms with van der Waals surface area (Å²) in [6, 6.07) is 7.53. The molecule has 0 unspecified atom stereocenters. The van der Waals surface area contributed by atoms with Crippen LogP contribution >= 0.6 is 0 Å². The van der Waals surface area contributed by atoms with Crippen LogP contribution in [-0.2, 0) is 0 Å². The molecule has 0 N–H and O–H groups in total. The summed E-state index contributed by atoms with van der Waals surface area (Å²) in [7, 11) is 0. The van der Waals surface area contributed by atoms with E-state index >= 15 is 0 Å². The summed E-state index contributed by atoms with van der Waals surface area (Å²) in [5.74, 6) is 0.836. The molecule has 0 fully saturated rings. The van der Waals surface area contributed by atoms with E-state index in [0.717, 1.165) is 28.6 Å². The zero-order valence-electron chi connectivity index (χ0n) is 9.87. The average molecular weight is 237 g/mol. The highest BCUT2D eigenvalue weighted by molar-refractivity contribution is 5.97. The number of aromatic nitrogens is 3. The van der Waals surface area contributed by atoms with Gasteiger partial charge in [0, 0.05) is 23.3 Å². The van der Waals surface area contributed by atoms with E-state index in [0.29, 0.717) is 5.56 Å². The SMILES string of the molecule is Cc1cc2c(C=O)cccc2nc1-n1ccnc1. The van der Waals surface area contributed by atoms with Crippen LogP contribution in [0.25, 0.3) is 16.7 Å². The van der Waals surface area contributed by atoms with E-state index in [9.17, 15) is 4.79 Å². The van der Waals surface area contributed by atoms with Gasteiger partial charge in [0.2, 0.25) is 0 Å². The first-order chi connectivity index (χ1) is 8.79. The first kappa shape index (κ1) is 10.7. The topological polar surface area (TPSA) is 47.8 Å². The van der Waals surface area contributed by atoms with Crippen molar-refractivity contribution < 1.29 is 4.79 Å². The highest BCUT2D eigenvalue weighted by Gasteiger charge is 2.07. The molecule has 0 amide bonds. The van der Waals surface area contributed by atoms with Crippen LogP contribution < -0.4 is 0 Å². The van der Waals surface area contributed by atoms with Gasteiger partial charge >= 0.3 is 0 Å². The predicted octanol–water partition coefficient (Wildman–Crippen LogP) is 2.54. The molecular formula is C14H11N3O. The second kappa shape index (κ2) is 4.07. The fraction of sp³-hybridized carbons (Fsp3) is 0.0714. The van der Waals surface area contributed by atoms with Crippen molar-refractivity contribution in [1.29, 1.82) is 0 Å². The minimum atomic E-state index is 0.667. The zero-order valence-corrected chi connectivity index (χ0v) is 9.87. The smallest absolute Gasteiger partial charge is 0.150 e. The molecule has 0 aliphatic rings. The molecule has 1 aromatic carbocycles. The summed E-state index contributed by atoms with van der Waals surface area (Å²) in [6.07, 6.45) is 6.14. The van der Waals surface area contributed by atoms with Crippen molar-refractivity contribution in [2.24, 2.45) is 0 Å². The summed E-state index contributed by atoms with van der Waals surface area (Å²) in [4.78, 5) is 19.6. The van der Waals surface area contributed by atoms with Gasteiger partial charge in [-0.05, 0) is 24.6 Å². The van der Waals surface area contributed by atoms with Crippen molar-refractivity contribution in [2.45, 2.75) is 6.92 Å². The largest absolute Gasteiger partial charge is 0.298 e. The zero-order chi connectivity index (χ0) is 12.5. The molecule has 0 aliphatic heterocycles. The monoisotopic (exact) mass is 237 g/mol. The Kier molecular flexibility index (Phi) is 2.41. The van der Waals surface area contributed by atoms with Crippen molar-refractivity contribution in [3.63, 3.8) is 0 Å². The Hall–Kier alpha value is -2.49. The summed E-state index contributed by atoms with van der Waals surface area (Å²) in [6.45, 7) is 1.98. The van der Waals surface area contributed by atoms with E-state index in [1.54, 1.807) is 18.6 Å². The predicted molar refractivity (Wildman–Crippen MR) is 69.0 cm³/mol. The van der Waals surface area contributed by atoms with E-state index in [4.69, 9.17) is 0 Å². The molecule has 4 heteroatoms. The Morgan fingerprint density at radius 1 is 1.33 bits per heavy atom. The van der Waals surface area contributed by atoms with Crippen molar-refractivity contribution >= 4 is 17.2 Å². The molecule has 0 radical (unpaired) electrons. The first-order valence-electron chi connectivity index (χ1n) is 5.63. The Morgan fingerprint density at radius 2 is 2.22 bits per heavy atom. The molecule has 3 rings (SSSR count). The van der Waals surface area contributed by atoms with Crippen LogP contribution in [-0.4, -0.2) is 20.8 Å². The maximum atomic E-state index is 11.0. The normalized spacial score (nSPS) is 10.7. The molecule has 0 bridgehead atoms. The molecule has 3 aromatic rings. The second-order valence-electron chi connectivity index (χ2n) is 4.13. The van der Waals surface area contributed by atoms with Gasteiger partial charge in [0.25, 0.3) is 0 Å². The number of nitrogens with zero attached hydrogens (tertiary/aromatic N) is 3. The van der Waals surface area contributed by atoms with Gasteiger partial charge in [0.15, 0.2) is 6.29 Å². The molecule has 88 valence electrons. The average Bonchev–Trinajstić information content (AvgIpc) is 2.91. The molecule has 0 saturated heterocycles. The van der Waals surface area contributed by atoms with E-state index in [1.807, 2.05) is 35.9 Å². The molecule has 0 spiro atoms. The number of aryl methyl sites for hydroxylation is 1. The standard InChI is InChI=1S/C14H11N3O/c1-10-7-12-11(8-18)3-2-4-13(12)16-14(10)17-6-5-15-9-17/h2-9H,1H3. The summed E-state index contributed by atoms with van der Waals surface area (Å²) in [5.41, 5.74) is 2.49. The maximum Gasteiger partial charge on any atom is 0.150 e. The second-order valence-corrected chi connectivity index (χ2v) is 4.13. The number of imidazole rings is 1. The molecule has 0 atom stereocenters. The number of rotatable bonds is 2.